The molecule has 0 fully saturated rings. The van der Waals surface area contributed by atoms with Gasteiger partial charge in [-0.1, -0.05) is 0 Å². The Balaban J connectivity index is 0.00000112. The fraction of sp³-hybridized carbons (Fsp3) is 0. The predicted octanol–water partition coefficient (Wildman–Crippen LogP) is -1.45. The van der Waals surface area contributed by atoms with E-state index in [2.05, 4.69) is 9.97 Å². The third kappa shape index (κ3) is 2.26. The van der Waals surface area contributed by atoms with Crippen molar-refractivity contribution in [3.05, 3.63) is 36.6 Å². The van der Waals surface area contributed by atoms with Crippen molar-refractivity contribution < 1.29 is 34.6 Å². The summed E-state index contributed by atoms with van der Waals surface area (Å²) in [6.07, 6.45) is 4.23. The van der Waals surface area contributed by atoms with Crippen LogP contribution in [0.1, 0.15) is 11.9 Å². The van der Waals surface area contributed by atoms with Gasteiger partial charge in [-0.3, -0.25) is 4.98 Å². The Morgan fingerprint density at radius 1 is 1.40 bits per heavy atom. The zero-order valence-electron chi connectivity index (χ0n) is 9.04. The number of aromatic carboxylic acids is 1. The van der Waals surface area contributed by atoms with Crippen molar-refractivity contribution in [1.82, 2.24) is 9.97 Å². The quantitative estimate of drug-likeness (QED) is 0.597. The van der Waals surface area contributed by atoms with Gasteiger partial charge in [-0.15, -0.1) is 0 Å². The molecule has 2 rings (SSSR count). The Labute approximate surface area is 98.8 Å². The summed E-state index contributed by atoms with van der Waals surface area (Å²) in [6, 6.07) is 3.32. The molecule has 0 saturated carbocycles. The molecular weight excluding hydrogens is 191 g/mol. The van der Waals surface area contributed by atoms with E-state index in [1.165, 1.54) is 0 Å². The van der Waals surface area contributed by atoms with E-state index in [0.29, 0.717) is 5.56 Å². The van der Waals surface area contributed by atoms with Crippen LogP contribution in [0.4, 0.5) is 0 Å². The third-order valence-corrected chi connectivity index (χ3v) is 1.71. The minimum atomic E-state index is -1.11. The van der Waals surface area contributed by atoms with Gasteiger partial charge in [-0.2, -0.15) is 0 Å². The molecule has 2 aromatic rings. The van der Waals surface area contributed by atoms with Gasteiger partial charge < -0.3 is 11.0 Å². The molecule has 0 unspecified atom stereocenters. The summed E-state index contributed by atoms with van der Waals surface area (Å²) >= 11 is 0. The summed E-state index contributed by atoms with van der Waals surface area (Å²) in [7, 11) is 0. The average molecular weight is 198 g/mol. The molecule has 72 valence electrons. The first-order valence-electron chi connectivity index (χ1n) is 3.86. The van der Waals surface area contributed by atoms with Crippen molar-refractivity contribution in [1.29, 1.82) is 0 Å². The van der Waals surface area contributed by atoms with Crippen molar-refractivity contribution in [2.75, 3.05) is 0 Å². The number of nitrogens with zero attached hydrogens (tertiary/aromatic N) is 2. The van der Waals surface area contributed by atoms with E-state index in [0.717, 1.165) is 6.39 Å². The standard InChI is InChI=1S/C9H6N2O3.Li.H/c12-9(13)7-8(14-5-11-7)6-1-3-10-4-2-6;;/h1-5H,(H,12,13);;/q;+1;-1. The molecule has 0 aliphatic heterocycles. The van der Waals surface area contributed by atoms with E-state index in [9.17, 15) is 4.79 Å². The minimum Gasteiger partial charge on any atom is -1.00 e. The van der Waals surface area contributed by atoms with Crippen molar-refractivity contribution in [2.24, 2.45) is 0 Å². The van der Waals surface area contributed by atoms with Crippen molar-refractivity contribution in [3.63, 3.8) is 0 Å². The van der Waals surface area contributed by atoms with Gasteiger partial charge in [0.15, 0.2) is 17.8 Å². The maximum absolute atomic E-state index is 10.7. The number of carboxylic acid groups (broad SMARTS) is 1. The summed E-state index contributed by atoms with van der Waals surface area (Å²) in [4.78, 5) is 18.1. The van der Waals surface area contributed by atoms with Crippen molar-refractivity contribution in [3.8, 4) is 11.3 Å². The Morgan fingerprint density at radius 3 is 2.67 bits per heavy atom. The second-order valence-electron chi connectivity index (χ2n) is 2.57. The second kappa shape index (κ2) is 4.78. The zero-order chi connectivity index (χ0) is 9.97. The van der Waals surface area contributed by atoms with E-state index in [1.807, 2.05) is 0 Å². The smallest absolute Gasteiger partial charge is 1.00 e. The fourth-order valence-corrected chi connectivity index (χ4v) is 1.11. The van der Waals surface area contributed by atoms with Crippen LogP contribution < -0.4 is 18.9 Å². The first kappa shape index (κ1) is 11.5. The fourth-order valence-electron chi connectivity index (χ4n) is 1.11. The molecule has 6 heteroatoms. The monoisotopic (exact) mass is 198 g/mol. The number of carbonyl (C=O) groups is 1. The van der Waals surface area contributed by atoms with Gasteiger partial charge in [0.2, 0.25) is 0 Å². The van der Waals surface area contributed by atoms with Gasteiger partial charge in [0.05, 0.1) is 0 Å². The molecule has 0 radical (unpaired) electrons. The molecule has 5 nitrogen and oxygen atoms in total. The first-order valence-corrected chi connectivity index (χ1v) is 3.86. The Kier molecular flexibility index (Phi) is 3.66. The number of oxazole rings is 1. The maximum Gasteiger partial charge on any atom is 1.00 e. The van der Waals surface area contributed by atoms with Crippen LogP contribution in [-0.2, 0) is 0 Å². The molecule has 0 saturated heterocycles. The molecule has 2 aromatic heterocycles. The van der Waals surface area contributed by atoms with Crippen molar-refractivity contribution in [2.45, 2.75) is 0 Å². The third-order valence-electron chi connectivity index (χ3n) is 1.71. The summed E-state index contributed by atoms with van der Waals surface area (Å²) in [5, 5.41) is 8.78. The predicted molar refractivity (Wildman–Crippen MR) is 47.8 cm³/mol. The maximum atomic E-state index is 10.7. The van der Waals surface area contributed by atoms with Gasteiger partial charge in [0.25, 0.3) is 0 Å². The Bertz CT molecular complexity index is 461. The number of pyridine rings is 1. The molecule has 0 aliphatic carbocycles. The van der Waals surface area contributed by atoms with E-state index in [-0.39, 0.29) is 31.7 Å². The van der Waals surface area contributed by atoms with Crippen LogP contribution in [0.2, 0.25) is 0 Å². The van der Waals surface area contributed by atoms with Gasteiger partial charge >= 0.3 is 24.8 Å². The van der Waals surface area contributed by atoms with Crippen LogP contribution in [-0.4, -0.2) is 21.0 Å². The number of hydrogen-bond donors (Lipinski definition) is 1. The molecule has 0 amide bonds. The van der Waals surface area contributed by atoms with E-state index in [4.69, 9.17) is 9.52 Å². The van der Waals surface area contributed by atoms with Crippen LogP contribution >= 0.6 is 0 Å². The summed E-state index contributed by atoms with van der Waals surface area (Å²) in [5.41, 5.74) is 0.561. The Hall–Kier alpha value is -1.57. The molecule has 0 aliphatic rings. The van der Waals surface area contributed by atoms with E-state index < -0.39 is 5.97 Å². The molecule has 0 aromatic carbocycles. The number of carboxylic acids is 1. The molecule has 15 heavy (non-hydrogen) atoms. The largest absolute Gasteiger partial charge is 1.00 e. The number of aromatic nitrogens is 2. The molecular formula is C9H7LiN2O3. The Morgan fingerprint density at radius 2 is 2.07 bits per heavy atom. The van der Waals surface area contributed by atoms with Crippen LogP contribution in [0.15, 0.2) is 35.3 Å². The van der Waals surface area contributed by atoms with Crippen molar-refractivity contribution >= 4 is 5.97 Å². The minimum absolute atomic E-state index is 0. The van der Waals surface area contributed by atoms with Crippen LogP contribution in [0.5, 0.6) is 0 Å². The first-order chi connectivity index (χ1) is 6.79. The number of rotatable bonds is 2. The summed E-state index contributed by atoms with van der Waals surface area (Å²) in [6.45, 7) is 0. The van der Waals surface area contributed by atoms with Crippen LogP contribution in [0.25, 0.3) is 11.3 Å². The number of hydrogen-bond acceptors (Lipinski definition) is 4. The SMILES string of the molecule is O=C(O)c1ncoc1-c1ccncc1.[H-].[Li+]. The summed E-state index contributed by atoms with van der Waals surface area (Å²) < 4.78 is 4.99. The van der Waals surface area contributed by atoms with Crippen LogP contribution in [0.3, 0.4) is 0 Å². The molecule has 2 heterocycles. The molecule has 0 spiro atoms. The molecule has 0 bridgehead atoms. The van der Waals surface area contributed by atoms with Gasteiger partial charge in [0.1, 0.15) is 0 Å². The molecule has 1 N–H and O–H groups in total. The van der Waals surface area contributed by atoms with E-state index in [1.54, 1.807) is 24.5 Å². The second-order valence-corrected chi connectivity index (χ2v) is 2.57. The normalized spacial score (nSPS) is 9.33. The average Bonchev–Trinajstić information content (AvgIpc) is 2.67. The topological polar surface area (TPSA) is 76.2 Å². The molecule has 0 atom stereocenters. The summed E-state index contributed by atoms with van der Waals surface area (Å²) in [5.74, 6) is -0.856. The van der Waals surface area contributed by atoms with Gasteiger partial charge in [-0.05, 0) is 12.1 Å². The van der Waals surface area contributed by atoms with E-state index >= 15 is 0 Å². The van der Waals surface area contributed by atoms with Crippen LogP contribution in [0, 0.1) is 0 Å². The van der Waals surface area contributed by atoms with Gasteiger partial charge in [-0.25, -0.2) is 9.78 Å². The van der Waals surface area contributed by atoms with Gasteiger partial charge in [0, 0.05) is 18.0 Å². The zero-order valence-corrected chi connectivity index (χ0v) is 8.04.